The van der Waals surface area contributed by atoms with E-state index in [1.54, 1.807) is 19.5 Å². The number of fused-ring (bicyclic) bond motifs is 1. The van der Waals surface area contributed by atoms with Crippen LogP contribution >= 0.6 is 11.3 Å². The lowest BCUT2D eigenvalue weighted by molar-refractivity contribution is 0.0636. The minimum absolute atomic E-state index is 0.478. The van der Waals surface area contributed by atoms with E-state index in [1.165, 1.54) is 16.9 Å². The summed E-state index contributed by atoms with van der Waals surface area (Å²) in [7, 11) is 3.54. The Morgan fingerprint density at radius 2 is 1.74 bits per heavy atom. The van der Waals surface area contributed by atoms with Crippen LogP contribution in [-0.4, -0.2) is 35.8 Å². The Labute approximate surface area is 204 Å². The second kappa shape index (κ2) is 11.6. The first kappa shape index (κ1) is 25.1. The van der Waals surface area contributed by atoms with Crippen LogP contribution in [0.15, 0.2) is 67.0 Å². The minimum atomic E-state index is -0.562. The molecule has 0 fully saturated rings. The van der Waals surface area contributed by atoms with Crippen LogP contribution in [-0.2, 0) is 11.3 Å². The van der Waals surface area contributed by atoms with E-state index in [0.29, 0.717) is 10.9 Å². The molecule has 0 atom stereocenters. The molecule has 0 aliphatic rings. The smallest absolute Gasteiger partial charge is 0.413 e. The molecule has 0 radical (unpaired) electrons. The van der Waals surface area contributed by atoms with Crippen molar-refractivity contribution in [2.24, 2.45) is 0 Å². The van der Waals surface area contributed by atoms with Crippen molar-refractivity contribution >= 4 is 32.8 Å². The van der Waals surface area contributed by atoms with E-state index in [0.717, 1.165) is 27.9 Å². The number of aromatic nitrogens is 2. The lowest BCUT2D eigenvalue weighted by atomic mass is 10.1. The number of benzene rings is 2. The summed E-state index contributed by atoms with van der Waals surface area (Å²) in [5.74, 6) is 0.670. The Hall–Kier alpha value is -3.49. The van der Waals surface area contributed by atoms with Crippen molar-refractivity contribution in [3.05, 3.63) is 72.6 Å². The van der Waals surface area contributed by atoms with E-state index < -0.39 is 11.7 Å². The molecule has 178 valence electrons. The number of anilines is 1. The average molecular weight is 479 g/mol. The number of carbonyl (C=O) groups is 1. The summed E-state index contributed by atoms with van der Waals surface area (Å²) >= 11 is 1.40. The molecular weight excluding hydrogens is 448 g/mol. The highest BCUT2D eigenvalue weighted by Gasteiger charge is 2.19. The highest BCUT2D eigenvalue weighted by atomic mass is 32.1. The maximum atomic E-state index is 12.0. The number of hydrogen-bond acceptors (Lipinski definition) is 7. The Morgan fingerprint density at radius 3 is 2.35 bits per heavy atom. The van der Waals surface area contributed by atoms with E-state index in [1.807, 2.05) is 82.4 Å². The Bertz CT molecular complexity index is 1210. The van der Waals surface area contributed by atoms with Gasteiger partial charge in [-0.3, -0.25) is 10.3 Å². The van der Waals surface area contributed by atoms with Gasteiger partial charge in [-0.15, -0.1) is 0 Å². The number of pyridine rings is 1. The zero-order valence-electron chi connectivity index (χ0n) is 20.1. The zero-order chi connectivity index (χ0) is 24.6. The molecule has 0 aliphatic carbocycles. The number of carbonyl (C=O) groups excluding carboxylic acids is 1. The number of thiazole rings is 1. The zero-order valence-corrected chi connectivity index (χ0v) is 20.9. The van der Waals surface area contributed by atoms with Gasteiger partial charge in [0.25, 0.3) is 0 Å². The third kappa shape index (κ3) is 7.00. The standard InChI is InChI=1S/C19H20N2O3S.C7H10N2/c1-19(2,3)24-18(22)21-17-20-15-14(23-4)11-10-13(16(15)25-17)12-8-6-5-7-9-12;1-8-6-7-2-4-9-5-3-7/h5-11H,1-4H3,(H,20,21,22);2-5,8H,6H2,1H3. The van der Waals surface area contributed by atoms with Gasteiger partial charge in [0.05, 0.1) is 11.8 Å². The predicted octanol–water partition coefficient (Wildman–Crippen LogP) is 6.12. The summed E-state index contributed by atoms with van der Waals surface area (Å²) in [5.41, 5.74) is 3.56. The van der Waals surface area contributed by atoms with Crippen LogP contribution < -0.4 is 15.4 Å². The maximum Gasteiger partial charge on any atom is 0.413 e. The third-order valence-electron chi connectivity index (χ3n) is 4.55. The molecule has 8 heteroatoms. The van der Waals surface area contributed by atoms with Gasteiger partial charge in [0, 0.05) is 24.5 Å². The Morgan fingerprint density at radius 1 is 1.03 bits per heavy atom. The number of amides is 1. The van der Waals surface area contributed by atoms with Crippen LogP contribution in [0.2, 0.25) is 0 Å². The summed E-state index contributed by atoms with van der Waals surface area (Å²) in [6.07, 6.45) is 3.08. The summed E-state index contributed by atoms with van der Waals surface area (Å²) in [6.45, 7) is 6.38. The van der Waals surface area contributed by atoms with Crippen LogP contribution in [0.1, 0.15) is 26.3 Å². The van der Waals surface area contributed by atoms with E-state index in [9.17, 15) is 4.79 Å². The van der Waals surface area contributed by atoms with E-state index in [-0.39, 0.29) is 0 Å². The van der Waals surface area contributed by atoms with E-state index in [4.69, 9.17) is 9.47 Å². The maximum absolute atomic E-state index is 12.0. The third-order valence-corrected chi connectivity index (χ3v) is 5.55. The molecule has 0 saturated carbocycles. The molecule has 0 unspecified atom stereocenters. The lowest BCUT2D eigenvalue weighted by Crippen LogP contribution is -2.27. The van der Waals surface area contributed by atoms with Gasteiger partial charge in [-0.05, 0) is 63.2 Å². The van der Waals surface area contributed by atoms with Crippen LogP contribution in [0.4, 0.5) is 9.93 Å². The predicted molar refractivity (Wildman–Crippen MR) is 138 cm³/mol. The molecule has 2 N–H and O–H groups in total. The van der Waals surface area contributed by atoms with Crippen LogP contribution in [0.5, 0.6) is 5.75 Å². The lowest BCUT2D eigenvalue weighted by Gasteiger charge is -2.18. The molecule has 1 amide bonds. The molecule has 2 aromatic heterocycles. The summed E-state index contributed by atoms with van der Waals surface area (Å²) in [5, 5.41) is 6.24. The van der Waals surface area contributed by atoms with Gasteiger partial charge in [-0.25, -0.2) is 9.78 Å². The van der Waals surface area contributed by atoms with Gasteiger partial charge in [-0.1, -0.05) is 41.7 Å². The number of nitrogens with one attached hydrogen (secondary N) is 2. The molecule has 4 rings (SSSR count). The first-order chi connectivity index (χ1) is 16.3. The van der Waals surface area contributed by atoms with Crippen molar-refractivity contribution in [3.63, 3.8) is 0 Å². The van der Waals surface area contributed by atoms with Gasteiger partial charge in [-0.2, -0.15) is 0 Å². The first-order valence-corrected chi connectivity index (χ1v) is 11.7. The fourth-order valence-electron chi connectivity index (χ4n) is 3.14. The highest BCUT2D eigenvalue weighted by Crippen LogP contribution is 2.39. The molecular formula is C26H30N4O3S. The molecule has 0 spiro atoms. The molecule has 0 saturated heterocycles. The largest absolute Gasteiger partial charge is 0.494 e. The average Bonchev–Trinajstić information content (AvgIpc) is 3.22. The summed E-state index contributed by atoms with van der Waals surface area (Å²) in [4.78, 5) is 20.4. The molecule has 34 heavy (non-hydrogen) atoms. The molecule has 0 aliphatic heterocycles. The Kier molecular flexibility index (Phi) is 8.56. The molecule has 4 aromatic rings. The summed E-state index contributed by atoms with van der Waals surface area (Å²) < 4.78 is 11.7. The number of methoxy groups -OCH3 is 1. The van der Waals surface area contributed by atoms with E-state index in [2.05, 4.69) is 20.6 Å². The second-order valence-electron chi connectivity index (χ2n) is 8.39. The van der Waals surface area contributed by atoms with Crippen molar-refractivity contribution in [1.29, 1.82) is 0 Å². The minimum Gasteiger partial charge on any atom is -0.494 e. The topological polar surface area (TPSA) is 85.4 Å². The van der Waals surface area contributed by atoms with Crippen molar-refractivity contribution in [3.8, 4) is 16.9 Å². The second-order valence-corrected chi connectivity index (χ2v) is 9.39. The highest BCUT2D eigenvalue weighted by molar-refractivity contribution is 7.23. The SMILES string of the molecule is CNCc1ccncc1.COc1ccc(-c2ccccc2)c2sc(NC(=O)OC(C)(C)C)nc12. The van der Waals surface area contributed by atoms with Crippen LogP contribution in [0.3, 0.4) is 0 Å². The van der Waals surface area contributed by atoms with E-state index >= 15 is 0 Å². The van der Waals surface area contributed by atoms with Crippen molar-refractivity contribution in [1.82, 2.24) is 15.3 Å². The quantitative estimate of drug-likeness (QED) is 0.359. The van der Waals surface area contributed by atoms with Crippen molar-refractivity contribution in [2.75, 3.05) is 19.5 Å². The molecule has 0 bridgehead atoms. The van der Waals surface area contributed by atoms with Crippen LogP contribution in [0, 0.1) is 0 Å². The normalized spacial score (nSPS) is 10.9. The summed E-state index contributed by atoms with van der Waals surface area (Å²) in [6, 6.07) is 17.9. The number of nitrogens with zero attached hydrogens (tertiary/aromatic N) is 2. The molecule has 2 heterocycles. The van der Waals surface area contributed by atoms with Gasteiger partial charge < -0.3 is 14.8 Å². The fourth-order valence-corrected chi connectivity index (χ4v) is 4.15. The van der Waals surface area contributed by atoms with Gasteiger partial charge >= 0.3 is 6.09 Å². The van der Waals surface area contributed by atoms with Gasteiger partial charge in [0.2, 0.25) is 0 Å². The number of hydrogen-bond donors (Lipinski definition) is 2. The number of ether oxygens (including phenoxy) is 2. The first-order valence-electron chi connectivity index (χ1n) is 10.9. The number of rotatable bonds is 5. The van der Waals surface area contributed by atoms with Crippen LogP contribution in [0.25, 0.3) is 21.3 Å². The Balaban J connectivity index is 0.000000302. The molecule has 2 aromatic carbocycles. The van der Waals surface area contributed by atoms with Crippen molar-refractivity contribution < 1.29 is 14.3 Å². The van der Waals surface area contributed by atoms with Gasteiger partial charge in [0.1, 0.15) is 16.9 Å². The van der Waals surface area contributed by atoms with Gasteiger partial charge in [0.15, 0.2) is 5.13 Å². The fraction of sp³-hybridized carbons (Fsp3) is 0.269. The molecule has 7 nitrogen and oxygen atoms in total. The van der Waals surface area contributed by atoms with Crippen molar-refractivity contribution in [2.45, 2.75) is 32.9 Å². The monoisotopic (exact) mass is 478 g/mol.